The zero-order valence-electron chi connectivity index (χ0n) is 15.8. The number of nitrogens with one attached hydrogen (secondary N) is 3. The molecule has 9 heteroatoms. The van der Waals surface area contributed by atoms with Gasteiger partial charge in [0.1, 0.15) is 5.75 Å². The van der Waals surface area contributed by atoms with Crippen LogP contribution in [0.25, 0.3) is 0 Å². The van der Waals surface area contributed by atoms with E-state index in [9.17, 15) is 23.1 Å². The van der Waals surface area contributed by atoms with Gasteiger partial charge >= 0.3 is 0 Å². The van der Waals surface area contributed by atoms with Crippen molar-refractivity contribution in [3.05, 3.63) is 54.1 Å². The molecule has 0 radical (unpaired) electrons. The van der Waals surface area contributed by atoms with Crippen LogP contribution in [0.15, 0.2) is 53.4 Å². The minimum absolute atomic E-state index is 0.0257. The van der Waals surface area contributed by atoms with Crippen molar-refractivity contribution in [1.82, 2.24) is 10.0 Å². The molecule has 2 rings (SSSR count). The molecule has 4 N–H and O–H groups in total. The molecule has 0 saturated carbocycles. The van der Waals surface area contributed by atoms with Gasteiger partial charge in [0, 0.05) is 12.6 Å². The van der Waals surface area contributed by atoms with Crippen LogP contribution in [0.1, 0.15) is 32.4 Å². The quantitative estimate of drug-likeness (QED) is 0.560. The van der Waals surface area contributed by atoms with Crippen LogP contribution >= 0.6 is 0 Å². The van der Waals surface area contributed by atoms with Crippen molar-refractivity contribution in [2.24, 2.45) is 0 Å². The van der Waals surface area contributed by atoms with Crippen LogP contribution in [0.2, 0.25) is 0 Å². The molecule has 2 aromatic carbocycles. The molecule has 0 aliphatic heterocycles. The van der Waals surface area contributed by atoms with Gasteiger partial charge in [0.2, 0.25) is 21.8 Å². The third-order valence-corrected chi connectivity index (χ3v) is 5.50. The first kappa shape index (κ1) is 21.4. The van der Waals surface area contributed by atoms with Crippen molar-refractivity contribution >= 4 is 27.5 Å². The maximum absolute atomic E-state index is 12.5. The standard InChI is InChI=1S/C19H23N3O5S/c1-12(15-5-4-6-17(24)11-15)20-19(25)13(2)22-28(26,27)18-9-7-16(8-10-18)21-14(3)23/h4-13,22,24H,1-3H3,(H,20,25)(H,21,23)/t12?,13-/m0/s1. The number of hydrogen-bond acceptors (Lipinski definition) is 5. The van der Waals surface area contributed by atoms with E-state index in [4.69, 9.17) is 0 Å². The van der Waals surface area contributed by atoms with Gasteiger partial charge < -0.3 is 15.7 Å². The molecule has 8 nitrogen and oxygen atoms in total. The number of carbonyl (C=O) groups excluding carboxylic acids is 2. The third kappa shape index (κ3) is 5.80. The molecule has 28 heavy (non-hydrogen) atoms. The van der Waals surface area contributed by atoms with Crippen molar-refractivity contribution in [3.8, 4) is 5.75 Å². The summed E-state index contributed by atoms with van der Waals surface area (Å²) in [5.74, 6) is -0.691. The number of rotatable bonds is 7. The van der Waals surface area contributed by atoms with Crippen molar-refractivity contribution in [2.45, 2.75) is 37.8 Å². The van der Waals surface area contributed by atoms with Crippen LogP contribution in [-0.2, 0) is 19.6 Å². The first-order valence-electron chi connectivity index (χ1n) is 8.58. The molecule has 0 spiro atoms. The summed E-state index contributed by atoms with van der Waals surface area (Å²) < 4.78 is 27.3. The minimum atomic E-state index is -3.92. The predicted molar refractivity (Wildman–Crippen MR) is 105 cm³/mol. The SMILES string of the molecule is CC(=O)Nc1ccc(S(=O)(=O)N[C@@H](C)C(=O)NC(C)c2cccc(O)c2)cc1. The Morgan fingerprint density at radius 3 is 2.25 bits per heavy atom. The normalized spacial score (nSPS) is 13.4. The highest BCUT2D eigenvalue weighted by atomic mass is 32.2. The molecule has 0 heterocycles. The number of carbonyl (C=O) groups is 2. The van der Waals surface area contributed by atoms with Crippen LogP contribution < -0.4 is 15.4 Å². The Labute approximate surface area is 164 Å². The summed E-state index contributed by atoms with van der Waals surface area (Å²) in [6.07, 6.45) is 0. The maximum atomic E-state index is 12.5. The summed E-state index contributed by atoms with van der Waals surface area (Å²) in [7, 11) is -3.92. The van der Waals surface area contributed by atoms with E-state index >= 15 is 0 Å². The maximum Gasteiger partial charge on any atom is 0.241 e. The highest BCUT2D eigenvalue weighted by Gasteiger charge is 2.23. The molecule has 0 aromatic heterocycles. The van der Waals surface area contributed by atoms with E-state index < -0.39 is 28.0 Å². The van der Waals surface area contributed by atoms with E-state index in [1.54, 1.807) is 19.1 Å². The molecule has 2 aromatic rings. The fourth-order valence-electron chi connectivity index (χ4n) is 2.49. The molecule has 2 atom stereocenters. The second kappa shape index (κ2) is 8.85. The van der Waals surface area contributed by atoms with E-state index in [0.29, 0.717) is 11.3 Å². The van der Waals surface area contributed by atoms with Gasteiger partial charge in [-0.1, -0.05) is 12.1 Å². The summed E-state index contributed by atoms with van der Waals surface area (Å²) in [6.45, 7) is 4.52. The van der Waals surface area contributed by atoms with E-state index in [-0.39, 0.29) is 16.6 Å². The Kier molecular flexibility index (Phi) is 6.76. The lowest BCUT2D eigenvalue weighted by Crippen LogP contribution is -2.45. The van der Waals surface area contributed by atoms with Crippen LogP contribution in [0.4, 0.5) is 5.69 Å². The van der Waals surface area contributed by atoms with Crippen molar-refractivity contribution in [3.63, 3.8) is 0 Å². The largest absolute Gasteiger partial charge is 0.508 e. The number of phenols is 1. The molecular formula is C19H23N3O5S. The Morgan fingerprint density at radius 1 is 1.04 bits per heavy atom. The lowest BCUT2D eigenvalue weighted by molar-refractivity contribution is -0.123. The number of benzene rings is 2. The van der Waals surface area contributed by atoms with Gasteiger partial charge in [0.15, 0.2) is 0 Å². The van der Waals surface area contributed by atoms with Crippen LogP contribution in [-0.4, -0.2) is 31.4 Å². The van der Waals surface area contributed by atoms with Gasteiger partial charge in [-0.3, -0.25) is 9.59 Å². The molecule has 0 bridgehead atoms. The van der Waals surface area contributed by atoms with E-state index in [2.05, 4.69) is 15.4 Å². The molecule has 150 valence electrons. The second-order valence-electron chi connectivity index (χ2n) is 6.37. The smallest absolute Gasteiger partial charge is 0.241 e. The number of phenolic OH excluding ortho intramolecular Hbond substituents is 1. The molecule has 1 unspecified atom stereocenters. The van der Waals surface area contributed by atoms with E-state index in [1.165, 1.54) is 50.2 Å². The lowest BCUT2D eigenvalue weighted by Gasteiger charge is -2.19. The number of sulfonamides is 1. The summed E-state index contributed by atoms with van der Waals surface area (Å²) >= 11 is 0. The minimum Gasteiger partial charge on any atom is -0.508 e. The average Bonchev–Trinajstić information content (AvgIpc) is 2.61. The summed E-state index contributed by atoms with van der Waals surface area (Å²) in [6, 6.07) is 10.6. The molecule has 0 fully saturated rings. The second-order valence-corrected chi connectivity index (χ2v) is 8.09. The van der Waals surface area contributed by atoms with Gasteiger partial charge in [-0.2, -0.15) is 4.72 Å². The monoisotopic (exact) mass is 405 g/mol. The summed E-state index contributed by atoms with van der Waals surface area (Å²) in [5.41, 5.74) is 1.16. The Bertz CT molecular complexity index is 958. The molecule has 2 amide bonds. The van der Waals surface area contributed by atoms with E-state index in [0.717, 1.165) is 0 Å². The van der Waals surface area contributed by atoms with Crippen molar-refractivity contribution < 1.29 is 23.1 Å². The topological polar surface area (TPSA) is 125 Å². The summed E-state index contributed by atoms with van der Waals surface area (Å²) in [5, 5.41) is 14.8. The number of amides is 2. The fraction of sp³-hybridized carbons (Fsp3) is 0.263. The average molecular weight is 405 g/mol. The Balaban J connectivity index is 2.02. The van der Waals surface area contributed by atoms with Gasteiger partial charge in [-0.25, -0.2) is 8.42 Å². The van der Waals surface area contributed by atoms with Gasteiger partial charge in [-0.15, -0.1) is 0 Å². The first-order chi connectivity index (χ1) is 13.1. The Morgan fingerprint density at radius 2 is 1.68 bits per heavy atom. The number of anilines is 1. The molecule has 0 aliphatic carbocycles. The van der Waals surface area contributed by atoms with E-state index in [1.807, 2.05) is 0 Å². The van der Waals surface area contributed by atoms with Crippen molar-refractivity contribution in [2.75, 3.05) is 5.32 Å². The van der Waals surface area contributed by atoms with Gasteiger partial charge in [0.05, 0.1) is 17.0 Å². The number of aromatic hydroxyl groups is 1. The molecular weight excluding hydrogens is 382 g/mol. The zero-order chi connectivity index (χ0) is 20.9. The highest BCUT2D eigenvalue weighted by molar-refractivity contribution is 7.89. The third-order valence-electron chi connectivity index (χ3n) is 3.94. The highest BCUT2D eigenvalue weighted by Crippen LogP contribution is 2.18. The van der Waals surface area contributed by atoms with Crippen molar-refractivity contribution in [1.29, 1.82) is 0 Å². The van der Waals surface area contributed by atoms with Crippen LogP contribution in [0.3, 0.4) is 0 Å². The zero-order valence-corrected chi connectivity index (χ0v) is 16.6. The number of hydrogen-bond donors (Lipinski definition) is 4. The van der Waals surface area contributed by atoms with Gasteiger partial charge in [-0.05, 0) is 55.8 Å². The molecule has 0 saturated heterocycles. The molecule has 0 aliphatic rings. The van der Waals surface area contributed by atoms with Gasteiger partial charge in [0.25, 0.3) is 0 Å². The van der Waals surface area contributed by atoms with Crippen LogP contribution in [0.5, 0.6) is 5.75 Å². The summed E-state index contributed by atoms with van der Waals surface area (Å²) in [4.78, 5) is 23.3. The lowest BCUT2D eigenvalue weighted by atomic mass is 10.1. The predicted octanol–water partition coefficient (Wildman–Crippen LogP) is 1.89. The van der Waals surface area contributed by atoms with Crippen LogP contribution in [0, 0.1) is 0 Å². The Hall–Kier alpha value is -2.91. The first-order valence-corrected chi connectivity index (χ1v) is 10.1. The fourth-order valence-corrected chi connectivity index (χ4v) is 3.69.